The number of carbonyl (C=O) groups excluding carboxylic acids is 2. The lowest BCUT2D eigenvalue weighted by molar-refractivity contribution is -0.160. The van der Waals surface area contributed by atoms with Crippen molar-refractivity contribution in [3.8, 4) is 0 Å². The zero-order valence-electron chi connectivity index (χ0n) is 15.4. The van der Waals surface area contributed by atoms with Crippen molar-refractivity contribution in [1.82, 2.24) is 0 Å². The molecule has 0 fully saturated rings. The van der Waals surface area contributed by atoms with Gasteiger partial charge in [0.1, 0.15) is 0 Å². The van der Waals surface area contributed by atoms with Crippen LogP contribution in [0, 0.1) is 11.8 Å². The molecule has 2 atom stereocenters. The monoisotopic (exact) mass is 354 g/mol. The van der Waals surface area contributed by atoms with E-state index in [0.29, 0.717) is 12.8 Å². The Morgan fingerprint density at radius 1 is 0.692 bits per heavy atom. The standard InChI is InChI=1S/C22H26O4/c1-3-25-21(23)19(15-17-11-7-5-8-12-17)20(22(24)26-4-2)16-18-13-9-6-10-14-18/h5-14,19-20H,3-4,15-16H2,1-2H3. The minimum atomic E-state index is -0.586. The minimum absolute atomic E-state index is 0.283. The van der Waals surface area contributed by atoms with Gasteiger partial charge in [0, 0.05) is 0 Å². The fourth-order valence-electron chi connectivity index (χ4n) is 3.01. The second-order valence-corrected chi connectivity index (χ2v) is 6.10. The quantitative estimate of drug-likeness (QED) is 0.642. The van der Waals surface area contributed by atoms with Crippen molar-refractivity contribution in [1.29, 1.82) is 0 Å². The molecule has 0 radical (unpaired) electrons. The summed E-state index contributed by atoms with van der Waals surface area (Å²) in [6.45, 7) is 4.11. The molecule has 0 bridgehead atoms. The van der Waals surface area contributed by atoms with E-state index in [-0.39, 0.29) is 25.2 Å². The van der Waals surface area contributed by atoms with Crippen molar-refractivity contribution in [2.75, 3.05) is 13.2 Å². The molecule has 0 spiro atoms. The van der Waals surface area contributed by atoms with Gasteiger partial charge in [-0.15, -0.1) is 0 Å². The van der Waals surface area contributed by atoms with Crippen LogP contribution in [0.5, 0.6) is 0 Å². The lowest BCUT2D eigenvalue weighted by Gasteiger charge is -2.24. The molecule has 0 heterocycles. The van der Waals surface area contributed by atoms with E-state index < -0.39 is 11.8 Å². The molecule has 0 aliphatic heterocycles. The normalized spacial score (nSPS) is 12.8. The Morgan fingerprint density at radius 3 is 1.35 bits per heavy atom. The van der Waals surface area contributed by atoms with Crippen LogP contribution in [0.4, 0.5) is 0 Å². The van der Waals surface area contributed by atoms with Crippen molar-refractivity contribution < 1.29 is 19.1 Å². The van der Waals surface area contributed by atoms with Gasteiger partial charge in [0.25, 0.3) is 0 Å². The van der Waals surface area contributed by atoms with Crippen LogP contribution in [0.1, 0.15) is 25.0 Å². The molecule has 26 heavy (non-hydrogen) atoms. The van der Waals surface area contributed by atoms with Gasteiger partial charge >= 0.3 is 11.9 Å². The van der Waals surface area contributed by atoms with Gasteiger partial charge in [0.2, 0.25) is 0 Å². The lowest BCUT2D eigenvalue weighted by Crippen LogP contribution is -2.35. The van der Waals surface area contributed by atoms with E-state index in [1.165, 1.54) is 0 Å². The van der Waals surface area contributed by atoms with E-state index in [9.17, 15) is 9.59 Å². The largest absolute Gasteiger partial charge is 0.466 e. The van der Waals surface area contributed by atoms with Crippen LogP contribution in [-0.2, 0) is 31.9 Å². The predicted octanol–water partition coefficient (Wildman–Crippen LogP) is 3.83. The highest BCUT2D eigenvalue weighted by Crippen LogP contribution is 2.25. The Bertz CT molecular complexity index is 620. The molecule has 0 aromatic heterocycles. The van der Waals surface area contributed by atoms with Gasteiger partial charge in [-0.1, -0.05) is 60.7 Å². The van der Waals surface area contributed by atoms with Crippen molar-refractivity contribution in [2.45, 2.75) is 26.7 Å². The molecular weight excluding hydrogens is 328 g/mol. The van der Waals surface area contributed by atoms with Gasteiger partial charge in [-0.2, -0.15) is 0 Å². The van der Waals surface area contributed by atoms with E-state index in [2.05, 4.69) is 0 Å². The minimum Gasteiger partial charge on any atom is -0.466 e. The number of esters is 2. The maximum Gasteiger partial charge on any atom is 0.310 e. The molecular formula is C22H26O4. The van der Waals surface area contributed by atoms with Crippen LogP contribution >= 0.6 is 0 Å². The highest BCUT2D eigenvalue weighted by molar-refractivity contribution is 5.82. The van der Waals surface area contributed by atoms with Gasteiger partial charge in [-0.05, 0) is 37.8 Å². The summed E-state index contributed by atoms with van der Waals surface area (Å²) in [6.07, 6.45) is 0.881. The van der Waals surface area contributed by atoms with Crippen LogP contribution in [0.25, 0.3) is 0 Å². The van der Waals surface area contributed by atoms with Gasteiger partial charge in [0.15, 0.2) is 0 Å². The third kappa shape index (κ3) is 5.73. The van der Waals surface area contributed by atoms with Crippen LogP contribution < -0.4 is 0 Å². The van der Waals surface area contributed by atoms with Gasteiger partial charge in [0.05, 0.1) is 25.0 Å². The summed E-state index contributed by atoms with van der Waals surface area (Å²) >= 11 is 0. The summed E-state index contributed by atoms with van der Waals surface area (Å²) in [4.78, 5) is 25.3. The fraction of sp³-hybridized carbons (Fsp3) is 0.364. The second kappa shape index (κ2) is 10.4. The van der Waals surface area contributed by atoms with E-state index in [0.717, 1.165) is 11.1 Å². The molecule has 0 N–H and O–H groups in total. The highest BCUT2D eigenvalue weighted by Gasteiger charge is 2.36. The summed E-state index contributed by atoms with van der Waals surface area (Å²) in [5.74, 6) is -1.89. The summed E-state index contributed by atoms with van der Waals surface area (Å²) in [5.41, 5.74) is 1.99. The first kappa shape index (κ1) is 19.7. The van der Waals surface area contributed by atoms with Crippen molar-refractivity contribution in [3.63, 3.8) is 0 Å². The third-order valence-electron chi connectivity index (χ3n) is 4.26. The van der Waals surface area contributed by atoms with Crippen LogP contribution in [0.15, 0.2) is 60.7 Å². The average molecular weight is 354 g/mol. The molecule has 138 valence electrons. The molecule has 2 aromatic carbocycles. The predicted molar refractivity (Wildman–Crippen MR) is 101 cm³/mol. The number of rotatable bonds is 9. The first-order valence-electron chi connectivity index (χ1n) is 9.06. The molecule has 2 aromatic rings. The lowest BCUT2D eigenvalue weighted by atomic mass is 9.82. The SMILES string of the molecule is CCOC(=O)C(Cc1ccccc1)C(Cc1ccccc1)C(=O)OCC. The Hall–Kier alpha value is -2.62. The number of hydrogen-bond donors (Lipinski definition) is 0. The molecule has 0 saturated heterocycles. The Labute approximate surface area is 155 Å². The maximum atomic E-state index is 12.7. The van der Waals surface area contributed by atoms with Gasteiger partial charge in [-0.25, -0.2) is 0 Å². The summed E-state index contributed by atoms with van der Waals surface area (Å²) < 4.78 is 10.6. The zero-order chi connectivity index (χ0) is 18.8. The smallest absolute Gasteiger partial charge is 0.310 e. The van der Waals surface area contributed by atoms with E-state index >= 15 is 0 Å². The van der Waals surface area contributed by atoms with Gasteiger partial charge in [-0.3, -0.25) is 9.59 Å². The highest BCUT2D eigenvalue weighted by atomic mass is 16.5. The van der Waals surface area contributed by atoms with E-state index in [1.54, 1.807) is 13.8 Å². The molecule has 0 amide bonds. The first-order valence-corrected chi connectivity index (χ1v) is 9.06. The van der Waals surface area contributed by atoms with Crippen LogP contribution in [0.3, 0.4) is 0 Å². The van der Waals surface area contributed by atoms with Crippen molar-refractivity contribution in [2.24, 2.45) is 11.8 Å². The van der Waals surface area contributed by atoms with Crippen LogP contribution in [0.2, 0.25) is 0 Å². The fourth-order valence-corrected chi connectivity index (χ4v) is 3.01. The Kier molecular flexibility index (Phi) is 7.87. The summed E-state index contributed by atoms with van der Waals surface area (Å²) in [6, 6.07) is 19.4. The maximum absolute atomic E-state index is 12.7. The average Bonchev–Trinajstić information content (AvgIpc) is 2.66. The Morgan fingerprint density at radius 2 is 1.04 bits per heavy atom. The molecule has 4 heteroatoms. The second-order valence-electron chi connectivity index (χ2n) is 6.10. The van der Waals surface area contributed by atoms with Crippen molar-refractivity contribution >= 4 is 11.9 Å². The van der Waals surface area contributed by atoms with E-state index in [1.807, 2.05) is 60.7 Å². The topological polar surface area (TPSA) is 52.6 Å². The van der Waals surface area contributed by atoms with E-state index in [4.69, 9.17) is 9.47 Å². The Balaban J connectivity index is 2.31. The number of ether oxygens (including phenoxy) is 2. The molecule has 0 aliphatic rings. The number of benzene rings is 2. The van der Waals surface area contributed by atoms with Gasteiger partial charge < -0.3 is 9.47 Å². The summed E-state index contributed by atoms with van der Waals surface area (Å²) in [5, 5.41) is 0. The zero-order valence-corrected chi connectivity index (χ0v) is 15.4. The molecule has 4 nitrogen and oxygen atoms in total. The third-order valence-corrected chi connectivity index (χ3v) is 4.26. The molecule has 2 rings (SSSR count). The number of hydrogen-bond acceptors (Lipinski definition) is 4. The first-order chi connectivity index (χ1) is 12.7. The number of carbonyl (C=O) groups is 2. The molecule has 0 saturated carbocycles. The molecule has 0 aliphatic carbocycles. The van der Waals surface area contributed by atoms with Crippen molar-refractivity contribution in [3.05, 3.63) is 71.8 Å². The van der Waals surface area contributed by atoms with Crippen LogP contribution in [-0.4, -0.2) is 25.2 Å². The molecule has 2 unspecified atom stereocenters. The summed E-state index contributed by atoms with van der Waals surface area (Å²) in [7, 11) is 0.